The highest BCUT2D eigenvalue weighted by Crippen LogP contribution is 2.24. The summed E-state index contributed by atoms with van der Waals surface area (Å²) in [5, 5.41) is 3.77. The van der Waals surface area contributed by atoms with E-state index in [9.17, 15) is 4.79 Å². The van der Waals surface area contributed by atoms with Crippen molar-refractivity contribution in [2.75, 3.05) is 13.7 Å². The third kappa shape index (κ3) is 3.63. The number of hydrogen-bond acceptors (Lipinski definition) is 3. The van der Waals surface area contributed by atoms with Crippen molar-refractivity contribution < 1.29 is 13.9 Å². The van der Waals surface area contributed by atoms with Crippen molar-refractivity contribution in [1.29, 1.82) is 0 Å². The monoisotopic (exact) mass is 273 g/mol. The smallest absolute Gasteiger partial charge is 0.244 e. The van der Waals surface area contributed by atoms with Crippen LogP contribution in [0.5, 0.6) is 5.75 Å². The quantitative estimate of drug-likeness (QED) is 0.648. The lowest BCUT2D eigenvalue weighted by Crippen LogP contribution is -2.21. The maximum atomic E-state index is 11.5. The predicted octanol–water partition coefficient (Wildman–Crippen LogP) is 3.37. The number of rotatable bonds is 6. The summed E-state index contributed by atoms with van der Waals surface area (Å²) in [4.78, 5) is 11.5. The van der Waals surface area contributed by atoms with Crippen LogP contribution in [0.25, 0.3) is 17.0 Å². The molecule has 0 fully saturated rings. The summed E-state index contributed by atoms with van der Waals surface area (Å²) in [6.45, 7) is 2.79. The van der Waals surface area contributed by atoms with Gasteiger partial charge < -0.3 is 14.5 Å². The Bertz CT molecular complexity index is 613. The number of methoxy groups -OCH3 is 1. The molecule has 106 valence electrons. The Morgan fingerprint density at radius 1 is 1.40 bits per heavy atom. The number of carbonyl (C=O) groups excluding carboxylic acids is 1. The van der Waals surface area contributed by atoms with Gasteiger partial charge in [0.05, 0.1) is 7.11 Å². The third-order valence-corrected chi connectivity index (χ3v) is 2.97. The summed E-state index contributed by atoms with van der Waals surface area (Å²) in [5.41, 5.74) is 0.775. The van der Waals surface area contributed by atoms with Crippen LogP contribution in [0.3, 0.4) is 0 Å². The van der Waals surface area contributed by atoms with Crippen LogP contribution in [0.2, 0.25) is 0 Å². The predicted molar refractivity (Wildman–Crippen MR) is 79.7 cm³/mol. The maximum absolute atomic E-state index is 11.5. The maximum Gasteiger partial charge on any atom is 0.244 e. The third-order valence-electron chi connectivity index (χ3n) is 2.97. The second-order valence-electron chi connectivity index (χ2n) is 4.53. The number of fused-ring (bicyclic) bond motifs is 1. The minimum atomic E-state index is -0.100. The Balaban J connectivity index is 2.04. The number of hydrogen-bond donors (Lipinski definition) is 1. The molecule has 0 aliphatic heterocycles. The molecule has 0 aliphatic rings. The lowest BCUT2D eigenvalue weighted by Gasteiger charge is -1.98. The molecule has 1 aromatic heterocycles. The molecule has 0 saturated carbocycles. The van der Waals surface area contributed by atoms with E-state index in [0.717, 1.165) is 29.6 Å². The summed E-state index contributed by atoms with van der Waals surface area (Å²) >= 11 is 0. The second-order valence-corrected chi connectivity index (χ2v) is 4.53. The Labute approximate surface area is 118 Å². The fourth-order valence-electron chi connectivity index (χ4n) is 1.86. The molecule has 0 radical (unpaired) electrons. The van der Waals surface area contributed by atoms with Gasteiger partial charge in [-0.25, -0.2) is 0 Å². The number of furan rings is 1. The Morgan fingerprint density at radius 2 is 2.25 bits per heavy atom. The van der Waals surface area contributed by atoms with Crippen molar-refractivity contribution in [2.45, 2.75) is 19.8 Å². The molecule has 1 amide bonds. The van der Waals surface area contributed by atoms with Crippen LogP contribution in [0, 0.1) is 0 Å². The molecular formula is C16H19NO3. The van der Waals surface area contributed by atoms with Gasteiger partial charge in [-0.1, -0.05) is 13.3 Å². The van der Waals surface area contributed by atoms with E-state index in [1.807, 2.05) is 24.3 Å². The Hall–Kier alpha value is -2.23. The van der Waals surface area contributed by atoms with Crippen LogP contribution in [-0.4, -0.2) is 19.6 Å². The van der Waals surface area contributed by atoms with Gasteiger partial charge in [-0.3, -0.25) is 4.79 Å². The van der Waals surface area contributed by atoms with Crippen molar-refractivity contribution in [3.8, 4) is 5.75 Å². The largest absolute Gasteiger partial charge is 0.497 e. The zero-order valence-corrected chi connectivity index (χ0v) is 11.8. The van der Waals surface area contributed by atoms with Gasteiger partial charge in [-0.05, 0) is 36.8 Å². The lowest BCUT2D eigenvalue weighted by atomic mass is 10.2. The van der Waals surface area contributed by atoms with Gasteiger partial charge in [0, 0.05) is 18.0 Å². The molecule has 4 nitrogen and oxygen atoms in total. The molecule has 2 rings (SSSR count). The topological polar surface area (TPSA) is 51.5 Å². The molecule has 1 heterocycles. The Morgan fingerprint density at radius 3 is 3.00 bits per heavy atom. The second kappa shape index (κ2) is 6.80. The molecular weight excluding hydrogens is 254 g/mol. The van der Waals surface area contributed by atoms with Gasteiger partial charge in [0.25, 0.3) is 0 Å². The van der Waals surface area contributed by atoms with E-state index < -0.39 is 0 Å². The first kappa shape index (κ1) is 14.2. The fourth-order valence-corrected chi connectivity index (χ4v) is 1.86. The van der Waals surface area contributed by atoms with Gasteiger partial charge in [0.2, 0.25) is 5.91 Å². The normalized spacial score (nSPS) is 11.1. The van der Waals surface area contributed by atoms with Crippen LogP contribution < -0.4 is 10.1 Å². The van der Waals surface area contributed by atoms with Crippen molar-refractivity contribution in [2.24, 2.45) is 0 Å². The molecule has 2 aromatic rings. The highest BCUT2D eigenvalue weighted by atomic mass is 16.5. The van der Waals surface area contributed by atoms with Crippen molar-refractivity contribution >= 4 is 23.0 Å². The minimum Gasteiger partial charge on any atom is -0.497 e. The van der Waals surface area contributed by atoms with E-state index in [4.69, 9.17) is 9.15 Å². The average Bonchev–Trinajstić information content (AvgIpc) is 2.87. The number of unbranched alkanes of at least 4 members (excludes halogenated alkanes) is 1. The van der Waals surface area contributed by atoms with E-state index in [-0.39, 0.29) is 5.91 Å². The van der Waals surface area contributed by atoms with Crippen molar-refractivity contribution in [1.82, 2.24) is 5.32 Å². The molecule has 0 spiro atoms. The van der Waals surface area contributed by atoms with E-state index in [1.54, 1.807) is 13.2 Å². The number of nitrogens with one attached hydrogen (secondary N) is 1. The number of amides is 1. The molecule has 0 bridgehead atoms. The first-order valence-electron chi connectivity index (χ1n) is 6.76. The molecule has 4 heteroatoms. The summed E-state index contributed by atoms with van der Waals surface area (Å²) in [6.07, 6.45) is 5.22. The van der Waals surface area contributed by atoms with Crippen LogP contribution in [0.15, 0.2) is 34.8 Å². The number of benzene rings is 1. The van der Waals surface area contributed by atoms with Gasteiger partial charge >= 0.3 is 0 Å². The lowest BCUT2D eigenvalue weighted by molar-refractivity contribution is -0.116. The van der Waals surface area contributed by atoms with Crippen molar-refractivity contribution in [3.63, 3.8) is 0 Å². The number of carbonyl (C=O) groups is 1. The highest BCUT2D eigenvalue weighted by molar-refractivity contribution is 5.92. The van der Waals surface area contributed by atoms with Crippen LogP contribution in [-0.2, 0) is 4.79 Å². The van der Waals surface area contributed by atoms with Gasteiger partial charge in [0.1, 0.15) is 17.1 Å². The first-order valence-corrected chi connectivity index (χ1v) is 6.76. The zero-order valence-electron chi connectivity index (χ0n) is 11.8. The highest BCUT2D eigenvalue weighted by Gasteiger charge is 2.03. The van der Waals surface area contributed by atoms with Crippen LogP contribution >= 0.6 is 0 Å². The van der Waals surface area contributed by atoms with E-state index in [0.29, 0.717) is 12.3 Å². The van der Waals surface area contributed by atoms with Crippen molar-refractivity contribution in [3.05, 3.63) is 36.1 Å². The minimum absolute atomic E-state index is 0.100. The van der Waals surface area contributed by atoms with Gasteiger partial charge in [0.15, 0.2) is 0 Å². The molecule has 0 unspecified atom stereocenters. The van der Waals surface area contributed by atoms with Crippen LogP contribution in [0.1, 0.15) is 25.5 Å². The summed E-state index contributed by atoms with van der Waals surface area (Å²) in [6, 6.07) is 7.48. The summed E-state index contributed by atoms with van der Waals surface area (Å²) in [5.74, 6) is 1.33. The number of ether oxygens (including phenoxy) is 1. The van der Waals surface area contributed by atoms with Gasteiger partial charge in [-0.2, -0.15) is 0 Å². The standard InChI is InChI=1S/C16H19NO3/c1-3-4-9-17-16(18)8-6-14-11-12-10-13(19-2)5-7-15(12)20-14/h5-8,10-11H,3-4,9H2,1-2H3,(H,17,18)/b8-6+. The molecule has 1 aromatic carbocycles. The van der Waals surface area contributed by atoms with E-state index >= 15 is 0 Å². The molecule has 0 atom stereocenters. The average molecular weight is 273 g/mol. The van der Waals surface area contributed by atoms with E-state index in [1.165, 1.54) is 6.08 Å². The molecule has 20 heavy (non-hydrogen) atoms. The first-order chi connectivity index (χ1) is 9.72. The van der Waals surface area contributed by atoms with E-state index in [2.05, 4.69) is 12.2 Å². The van der Waals surface area contributed by atoms with Crippen LogP contribution in [0.4, 0.5) is 0 Å². The SMILES string of the molecule is CCCCNC(=O)/C=C/c1cc2cc(OC)ccc2o1. The summed E-state index contributed by atoms with van der Waals surface area (Å²) in [7, 11) is 1.63. The Kier molecular flexibility index (Phi) is 4.82. The molecule has 0 aliphatic carbocycles. The fraction of sp³-hybridized carbons (Fsp3) is 0.312. The summed E-state index contributed by atoms with van der Waals surface area (Å²) < 4.78 is 10.8. The van der Waals surface area contributed by atoms with Gasteiger partial charge in [-0.15, -0.1) is 0 Å². The molecule has 0 saturated heterocycles. The zero-order chi connectivity index (χ0) is 14.4. The molecule has 1 N–H and O–H groups in total.